The number of aromatic nitrogens is 7. The van der Waals surface area contributed by atoms with Crippen molar-refractivity contribution in [2.45, 2.75) is 53.1 Å². The number of amides is 1. The van der Waals surface area contributed by atoms with Gasteiger partial charge in [0.25, 0.3) is 0 Å². The third kappa shape index (κ3) is 4.58. The summed E-state index contributed by atoms with van der Waals surface area (Å²) in [6.07, 6.45) is 5.32. The number of nitrogens with one attached hydrogen (secondary N) is 2. The minimum Gasteiger partial charge on any atom is -0.366 e. The highest BCUT2D eigenvalue weighted by Crippen LogP contribution is 2.31. The number of hydrogen-bond acceptors (Lipinski definition) is 6. The molecule has 4 heterocycles. The van der Waals surface area contributed by atoms with Gasteiger partial charge < -0.3 is 16.0 Å². The second kappa shape index (κ2) is 9.61. The lowest BCUT2D eigenvalue weighted by molar-refractivity contribution is 0.100. The highest BCUT2D eigenvalue weighted by atomic mass is 16.1. The van der Waals surface area contributed by atoms with Gasteiger partial charge in [-0.05, 0) is 76.2 Å². The molecule has 4 N–H and O–H groups in total. The zero-order chi connectivity index (χ0) is 24.5. The van der Waals surface area contributed by atoms with Gasteiger partial charge in [-0.1, -0.05) is 6.92 Å². The number of nitrogens with zero attached hydrogens (tertiary/aromatic N) is 6. The van der Waals surface area contributed by atoms with Crippen molar-refractivity contribution in [2.75, 3.05) is 13.1 Å². The Hall–Kier alpha value is -3.53. The minimum absolute atomic E-state index is 0.424. The van der Waals surface area contributed by atoms with Crippen molar-refractivity contribution in [3.63, 3.8) is 0 Å². The van der Waals surface area contributed by atoms with Crippen LogP contribution in [0.5, 0.6) is 0 Å². The molecule has 3 aromatic heterocycles. The van der Waals surface area contributed by atoms with Crippen LogP contribution < -0.4 is 11.1 Å². The molecule has 1 unspecified atom stereocenters. The average Bonchev–Trinajstić information content (AvgIpc) is 3.60. The Morgan fingerprint density at radius 1 is 1.17 bits per heavy atom. The number of carbonyl (C=O) groups excluding carboxylic acids is 1. The number of H-pyrrole nitrogens is 1. The largest absolute Gasteiger partial charge is 0.366 e. The predicted octanol–water partition coefficient (Wildman–Crippen LogP) is 3.14. The maximum atomic E-state index is 12.2. The lowest BCUT2D eigenvalue weighted by atomic mass is 9.84. The van der Waals surface area contributed by atoms with Crippen LogP contribution in [0.3, 0.4) is 0 Å². The van der Waals surface area contributed by atoms with Crippen molar-refractivity contribution in [2.24, 2.45) is 17.6 Å². The Kier molecular flexibility index (Phi) is 6.38. The molecule has 0 spiro atoms. The minimum atomic E-state index is -0.483. The quantitative estimate of drug-likeness (QED) is 0.359. The number of nitrogens with two attached hydrogens (primary N) is 1. The van der Waals surface area contributed by atoms with Gasteiger partial charge in [-0.2, -0.15) is 10.2 Å². The number of piperidine rings is 1. The zero-order valence-corrected chi connectivity index (χ0v) is 20.6. The van der Waals surface area contributed by atoms with E-state index in [2.05, 4.69) is 37.6 Å². The van der Waals surface area contributed by atoms with Gasteiger partial charge in [0.1, 0.15) is 5.69 Å². The molecule has 35 heavy (non-hydrogen) atoms. The van der Waals surface area contributed by atoms with E-state index in [1.54, 1.807) is 6.07 Å². The second-order valence-corrected chi connectivity index (χ2v) is 9.55. The molecule has 1 saturated heterocycles. The van der Waals surface area contributed by atoms with Crippen LogP contribution in [0.25, 0.3) is 33.8 Å². The van der Waals surface area contributed by atoms with E-state index in [0.717, 1.165) is 66.4 Å². The topological polar surface area (TPSA) is 132 Å². The van der Waals surface area contributed by atoms with Crippen LogP contribution in [-0.4, -0.2) is 53.7 Å². The summed E-state index contributed by atoms with van der Waals surface area (Å²) in [6, 6.07) is 5.57. The molecule has 0 saturated carbocycles. The fraction of sp³-hybridized carbons (Fsp3) is 0.480. The summed E-state index contributed by atoms with van der Waals surface area (Å²) < 4.78 is 3.87. The highest BCUT2D eigenvalue weighted by molar-refractivity contribution is 6.02. The van der Waals surface area contributed by atoms with E-state index in [1.165, 1.54) is 12.8 Å². The van der Waals surface area contributed by atoms with E-state index in [-0.39, 0.29) is 0 Å². The summed E-state index contributed by atoms with van der Waals surface area (Å²) in [7, 11) is 0. The Morgan fingerprint density at radius 2 is 1.94 bits per heavy atom. The molecule has 1 fully saturated rings. The maximum absolute atomic E-state index is 12.2. The molecule has 4 aromatic rings. The molecule has 10 heteroatoms. The molecule has 1 aliphatic heterocycles. The fourth-order valence-electron chi connectivity index (χ4n) is 5.14. The predicted molar refractivity (Wildman–Crippen MR) is 135 cm³/mol. The first-order valence-electron chi connectivity index (χ1n) is 12.4. The zero-order valence-electron chi connectivity index (χ0n) is 20.6. The Morgan fingerprint density at radius 3 is 2.69 bits per heavy atom. The number of fused-ring (bicyclic) bond motifs is 1. The summed E-state index contributed by atoms with van der Waals surface area (Å²) in [5, 5.41) is 22.3. The number of benzene rings is 1. The number of carbonyl (C=O) groups is 1. The number of hydrogen-bond donors (Lipinski definition) is 3. The first-order chi connectivity index (χ1) is 16.9. The van der Waals surface area contributed by atoms with Crippen LogP contribution in [0.15, 0.2) is 24.4 Å². The molecule has 0 bridgehead atoms. The third-order valence-electron chi connectivity index (χ3n) is 7.22. The molecule has 1 amide bonds. The fourth-order valence-corrected chi connectivity index (χ4v) is 5.14. The van der Waals surface area contributed by atoms with E-state index in [9.17, 15) is 4.79 Å². The molecule has 5 rings (SSSR count). The van der Waals surface area contributed by atoms with Crippen LogP contribution in [0.2, 0.25) is 0 Å². The molecule has 1 atom stereocenters. The Bertz CT molecular complexity index is 1340. The van der Waals surface area contributed by atoms with E-state index >= 15 is 0 Å². The standard InChI is InChI=1S/C25H33N9O/c1-4-33-22(11-16(3)32-33)25-29-24(30-31-25)19-12-18(23(26)35)13-21-20(19)14-28-34(21)10-7-15(2)17-5-8-27-9-6-17/h11-15,17,27H,4-10H2,1-3H3,(H2,26,35)(H,29,30,31). The first-order valence-corrected chi connectivity index (χ1v) is 12.4. The van der Waals surface area contributed by atoms with Gasteiger partial charge in [0.05, 0.1) is 17.4 Å². The first kappa shape index (κ1) is 23.2. The molecule has 184 valence electrons. The van der Waals surface area contributed by atoms with Crippen molar-refractivity contribution in [1.82, 2.24) is 40.1 Å². The summed E-state index contributed by atoms with van der Waals surface area (Å²) in [4.78, 5) is 15.5. The van der Waals surface area contributed by atoms with Gasteiger partial charge in [-0.25, -0.2) is 0 Å². The van der Waals surface area contributed by atoms with Crippen molar-refractivity contribution >= 4 is 16.8 Å². The Labute approximate surface area is 204 Å². The lowest BCUT2D eigenvalue weighted by Crippen LogP contribution is -2.31. The molecule has 10 nitrogen and oxygen atoms in total. The number of aryl methyl sites for hydroxylation is 3. The van der Waals surface area contributed by atoms with Crippen molar-refractivity contribution in [3.05, 3.63) is 35.7 Å². The third-order valence-corrected chi connectivity index (χ3v) is 7.22. The van der Waals surface area contributed by atoms with E-state index < -0.39 is 5.91 Å². The van der Waals surface area contributed by atoms with Gasteiger partial charge in [-0.15, -0.1) is 10.2 Å². The SMILES string of the molecule is CCn1nc(C)cc1-c1nnc(-c2cc(C(N)=O)cc3c2cnn3CCC(C)C2CCNCC2)[nH]1. The smallest absolute Gasteiger partial charge is 0.248 e. The van der Waals surface area contributed by atoms with Crippen molar-refractivity contribution in [1.29, 1.82) is 0 Å². The van der Waals surface area contributed by atoms with Crippen molar-refractivity contribution in [3.8, 4) is 22.9 Å². The monoisotopic (exact) mass is 475 g/mol. The van der Waals surface area contributed by atoms with Crippen LogP contribution in [0, 0.1) is 18.8 Å². The summed E-state index contributed by atoms with van der Waals surface area (Å²) in [5.41, 5.74) is 9.54. The van der Waals surface area contributed by atoms with E-state index in [1.807, 2.05) is 41.5 Å². The second-order valence-electron chi connectivity index (χ2n) is 9.55. The Balaban J connectivity index is 1.48. The number of rotatable bonds is 8. The maximum Gasteiger partial charge on any atom is 0.248 e. The van der Waals surface area contributed by atoms with E-state index in [4.69, 9.17) is 5.73 Å². The van der Waals surface area contributed by atoms with Gasteiger partial charge in [0.2, 0.25) is 5.91 Å². The molecular weight excluding hydrogens is 442 g/mol. The van der Waals surface area contributed by atoms with Gasteiger partial charge in [-0.3, -0.25) is 14.2 Å². The summed E-state index contributed by atoms with van der Waals surface area (Å²) >= 11 is 0. The summed E-state index contributed by atoms with van der Waals surface area (Å²) in [5.74, 6) is 2.06. The molecule has 0 radical (unpaired) electrons. The normalized spacial score (nSPS) is 15.6. The number of aromatic amines is 1. The molecule has 1 aromatic carbocycles. The molecular formula is C25H33N9O. The molecule has 1 aliphatic rings. The van der Waals surface area contributed by atoms with Crippen LogP contribution in [0.1, 0.15) is 49.2 Å². The summed E-state index contributed by atoms with van der Waals surface area (Å²) in [6.45, 7) is 10.0. The van der Waals surface area contributed by atoms with Gasteiger partial charge >= 0.3 is 0 Å². The number of primary amides is 1. The lowest BCUT2D eigenvalue weighted by Gasteiger charge is -2.28. The van der Waals surface area contributed by atoms with Crippen molar-refractivity contribution < 1.29 is 4.79 Å². The van der Waals surface area contributed by atoms with Gasteiger partial charge in [0, 0.05) is 29.6 Å². The average molecular weight is 476 g/mol. The van der Waals surface area contributed by atoms with Crippen LogP contribution >= 0.6 is 0 Å². The highest BCUT2D eigenvalue weighted by Gasteiger charge is 2.21. The van der Waals surface area contributed by atoms with E-state index in [0.29, 0.717) is 23.1 Å². The van der Waals surface area contributed by atoms with Crippen LogP contribution in [0.4, 0.5) is 0 Å². The van der Waals surface area contributed by atoms with Gasteiger partial charge in [0.15, 0.2) is 11.6 Å². The molecule has 0 aliphatic carbocycles. The van der Waals surface area contributed by atoms with Crippen LogP contribution in [-0.2, 0) is 13.1 Å².